The molecule has 4 rings (SSSR count). The quantitative estimate of drug-likeness (QED) is 0.370. The predicted molar refractivity (Wildman–Crippen MR) is 133 cm³/mol. The van der Waals surface area contributed by atoms with Crippen LogP contribution >= 0.6 is 11.6 Å². The minimum atomic E-state index is -3.60. The first-order valence-electron chi connectivity index (χ1n) is 10.9. The first kappa shape index (κ1) is 24.2. The van der Waals surface area contributed by atoms with Crippen molar-refractivity contribution in [2.24, 2.45) is 0 Å². The van der Waals surface area contributed by atoms with E-state index in [-0.39, 0.29) is 15.5 Å². The highest BCUT2D eigenvalue weighted by Gasteiger charge is 2.29. The molecule has 178 valence electrons. The van der Waals surface area contributed by atoms with E-state index in [4.69, 9.17) is 11.6 Å². The summed E-state index contributed by atoms with van der Waals surface area (Å²) >= 11 is 5.88. The average molecular weight is 501 g/mol. The maximum absolute atomic E-state index is 12.9. The average Bonchev–Trinajstić information content (AvgIpc) is 2.85. The Bertz CT molecular complexity index is 1250. The number of hydrogen-bond donors (Lipinski definition) is 1. The Morgan fingerprint density at radius 2 is 1.59 bits per heavy atom. The van der Waals surface area contributed by atoms with Crippen LogP contribution in [0.3, 0.4) is 0 Å². The number of anilines is 1. The molecule has 1 N–H and O–H groups in total. The number of nitro benzene ring substituents is 1. The van der Waals surface area contributed by atoms with Gasteiger partial charge in [-0.1, -0.05) is 41.9 Å². The zero-order valence-electron chi connectivity index (χ0n) is 18.4. The van der Waals surface area contributed by atoms with Crippen molar-refractivity contribution in [2.45, 2.75) is 18.0 Å². The molecule has 3 aromatic carbocycles. The van der Waals surface area contributed by atoms with Crippen LogP contribution < -0.4 is 10.2 Å². The molecule has 0 atom stereocenters. The van der Waals surface area contributed by atoms with Crippen LogP contribution in [0.25, 0.3) is 0 Å². The molecule has 0 spiro atoms. The molecule has 1 heterocycles. The molecule has 0 amide bonds. The molecule has 0 unspecified atom stereocenters. The highest BCUT2D eigenvalue weighted by molar-refractivity contribution is 7.89. The lowest BCUT2D eigenvalue weighted by Crippen LogP contribution is -2.48. The van der Waals surface area contributed by atoms with Crippen molar-refractivity contribution in [3.05, 3.63) is 99.1 Å². The molecule has 1 fully saturated rings. The van der Waals surface area contributed by atoms with Crippen LogP contribution in [-0.4, -0.2) is 43.8 Å². The molecule has 0 radical (unpaired) electrons. The Hall–Kier alpha value is -2.98. The number of halogens is 1. The molecule has 0 saturated carbocycles. The molecule has 1 aliphatic rings. The molecule has 10 heteroatoms. The number of nitro groups is 1. The van der Waals surface area contributed by atoms with Crippen molar-refractivity contribution >= 4 is 33.0 Å². The lowest BCUT2D eigenvalue weighted by Gasteiger charge is -2.35. The van der Waals surface area contributed by atoms with Crippen LogP contribution in [0, 0.1) is 10.1 Å². The van der Waals surface area contributed by atoms with Gasteiger partial charge in [0.2, 0.25) is 10.0 Å². The van der Waals surface area contributed by atoms with Crippen molar-refractivity contribution in [1.29, 1.82) is 0 Å². The molecular weight excluding hydrogens is 476 g/mol. The fraction of sp³-hybridized carbons (Fsp3) is 0.250. The van der Waals surface area contributed by atoms with Crippen molar-refractivity contribution in [1.82, 2.24) is 9.62 Å². The molecule has 8 nitrogen and oxygen atoms in total. The first-order valence-corrected chi connectivity index (χ1v) is 12.7. The third kappa shape index (κ3) is 5.56. The van der Waals surface area contributed by atoms with Gasteiger partial charge in [-0.05, 0) is 42.0 Å². The number of piperazine rings is 1. The van der Waals surface area contributed by atoms with E-state index >= 15 is 0 Å². The largest absolute Gasteiger partial charge is 0.369 e. The number of rotatable bonds is 8. The second-order valence-corrected chi connectivity index (χ2v) is 10.4. The maximum atomic E-state index is 12.9. The lowest BCUT2D eigenvalue weighted by atomic mass is 10.1. The van der Waals surface area contributed by atoms with E-state index < -0.39 is 10.0 Å². The molecule has 1 saturated heterocycles. The van der Waals surface area contributed by atoms with E-state index in [0.717, 1.165) is 11.3 Å². The van der Waals surface area contributed by atoms with Gasteiger partial charge >= 0.3 is 0 Å². The molecule has 1 aliphatic heterocycles. The molecule has 0 aromatic heterocycles. The number of nitrogens with one attached hydrogen (secondary N) is 1. The summed E-state index contributed by atoms with van der Waals surface area (Å²) in [6, 6.07) is 21.0. The van der Waals surface area contributed by atoms with Gasteiger partial charge in [0.25, 0.3) is 5.69 Å². The van der Waals surface area contributed by atoms with E-state index in [9.17, 15) is 18.5 Å². The first-order chi connectivity index (χ1) is 16.3. The van der Waals surface area contributed by atoms with Gasteiger partial charge in [0.1, 0.15) is 0 Å². The molecule has 0 aliphatic carbocycles. The maximum Gasteiger partial charge on any atom is 0.274 e. The number of hydrogen-bond acceptors (Lipinski definition) is 6. The molecule has 3 aromatic rings. The zero-order chi connectivity index (χ0) is 24.1. The summed E-state index contributed by atoms with van der Waals surface area (Å²) in [6.45, 7) is 2.57. The van der Waals surface area contributed by atoms with Crippen molar-refractivity contribution < 1.29 is 13.3 Å². The number of benzene rings is 3. The topological polar surface area (TPSA) is 95.8 Å². The van der Waals surface area contributed by atoms with Crippen LogP contribution in [0.4, 0.5) is 11.4 Å². The van der Waals surface area contributed by atoms with E-state index in [2.05, 4.69) is 10.2 Å². The number of sulfonamides is 1. The number of nitrogens with zero attached hydrogens (tertiary/aromatic N) is 3. The minimum Gasteiger partial charge on any atom is -0.369 e. The molecular formula is C24H25ClN4O4S. The van der Waals surface area contributed by atoms with Crippen molar-refractivity contribution in [3.63, 3.8) is 0 Å². The highest BCUT2D eigenvalue weighted by atomic mass is 35.5. The van der Waals surface area contributed by atoms with Crippen LogP contribution in [0.2, 0.25) is 5.02 Å². The highest BCUT2D eigenvalue weighted by Crippen LogP contribution is 2.27. The van der Waals surface area contributed by atoms with Crippen LogP contribution in [0.1, 0.15) is 11.1 Å². The van der Waals surface area contributed by atoms with E-state index in [0.29, 0.717) is 49.9 Å². The van der Waals surface area contributed by atoms with Gasteiger partial charge in [-0.25, -0.2) is 8.42 Å². The van der Waals surface area contributed by atoms with Gasteiger partial charge in [0.05, 0.1) is 9.82 Å². The summed E-state index contributed by atoms with van der Waals surface area (Å²) in [6.07, 6.45) is 0. The Balaban J connectivity index is 1.43. The van der Waals surface area contributed by atoms with Crippen molar-refractivity contribution in [3.8, 4) is 0 Å². The Morgan fingerprint density at radius 3 is 2.24 bits per heavy atom. The van der Waals surface area contributed by atoms with E-state index in [1.54, 1.807) is 18.2 Å². The summed E-state index contributed by atoms with van der Waals surface area (Å²) < 4.78 is 27.3. The SMILES string of the molecule is O=[N+]([O-])c1ccc(N2CCN(S(=O)(=O)c3ccc(Cl)cc3)CC2)cc1CNCc1ccccc1. The predicted octanol–water partition coefficient (Wildman–Crippen LogP) is 4.05. The molecule has 0 bridgehead atoms. The van der Waals surface area contributed by atoms with Crippen LogP contribution in [-0.2, 0) is 23.1 Å². The fourth-order valence-corrected chi connectivity index (χ4v) is 5.52. The van der Waals surface area contributed by atoms with Gasteiger partial charge in [0.15, 0.2) is 0 Å². The normalized spacial score (nSPS) is 14.8. The smallest absolute Gasteiger partial charge is 0.274 e. The third-order valence-electron chi connectivity index (χ3n) is 5.80. The van der Waals surface area contributed by atoms with Gasteiger partial charge in [-0.15, -0.1) is 0 Å². The second-order valence-electron chi connectivity index (χ2n) is 8.00. The van der Waals surface area contributed by atoms with Gasteiger partial charge in [-0.2, -0.15) is 4.31 Å². The summed E-state index contributed by atoms with van der Waals surface area (Å²) in [4.78, 5) is 13.4. The summed E-state index contributed by atoms with van der Waals surface area (Å²) in [7, 11) is -3.60. The Kier molecular flexibility index (Phi) is 7.47. The van der Waals surface area contributed by atoms with Crippen LogP contribution in [0.5, 0.6) is 0 Å². The minimum absolute atomic E-state index is 0.0632. The van der Waals surface area contributed by atoms with Gasteiger partial charge < -0.3 is 10.2 Å². The van der Waals surface area contributed by atoms with E-state index in [1.807, 2.05) is 36.4 Å². The van der Waals surface area contributed by atoms with E-state index in [1.165, 1.54) is 22.5 Å². The van der Waals surface area contributed by atoms with Gasteiger partial charge in [0, 0.05) is 61.6 Å². The lowest BCUT2D eigenvalue weighted by molar-refractivity contribution is -0.385. The Labute approximate surface area is 204 Å². The zero-order valence-corrected chi connectivity index (χ0v) is 20.0. The summed E-state index contributed by atoms with van der Waals surface area (Å²) in [5, 5.41) is 15.3. The Morgan fingerprint density at radius 1 is 0.912 bits per heavy atom. The second kappa shape index (κ2) is 10.5. The van der Waals surface area contributed by atoms with Crippen molar-refractivity contribution in [2.75, 3.05) is 31.1 Å². The standard InChI is InChI=1S/C24H25ClN4O4S/c25-21-6-9-23(10-7-21)34(32,33)28-14-12-27(13-15-28)22-8-11-24(29(30)31)20(16-22)18-26-17-19-4-2-1-3-5-19/h1-11,16,26H,12-15,17-18H2. The monoisotopic (exact) mass is 500 g/mol. The summed E-state index contributed by atoms with van der Waals surface area (Å²) in [5.41, 5.74) is 2.59. The van der Waals surface area contributed by atoms with Crippen LogP contribution in [0.15, 0.2) is 77.7 Å². The molecule has 34 heavy (non-hydrogen) atoms. The third-order valence-corrected chi connectivity index (χ3v) is 7.97. The fourth-order valence-electron chi connectivity index (χ4n) is 3.97. The van der Waals surface area contributed by atoms with Gasteiger partial charge in [-0.3, -0.25) is 10.1 Å². The summed E-state index contributed by atoms with van der Waals surface area (Å²) in [5.74, 6) is 0.